The fraction of sp³-hybridized carbons (Fsp3) is 0.400. The molecule has 0 aliphatic carbocycles. The third-order valence-electron chi connectivity index (χ3n) is 4.92. The third kappa shape index (κ3) is 4.25. The van der Waals surface area contributed by atoms with Gasteiger partial charge in [0.2, 0.25) is 0 Å². The minimum absolute atomic E-state index is 0.0246. The Hall–Kier alpha value is -2.12. The number of benzene rings is 2. The SMILES string of the molecule is CC1(C)OB(c2ccc(OCCOc3c(F)cccc3F)cc2)OC1(C)C. The van der Waals surface area contributed by atoms with Crippen LogP contribution in [0.5, 0.6) is 11.5 Å². The predicted octanol–water partition coefficient (Wildman–Crippen LogP) is 3.72. The van der Waals surface area contributed by atoms with Gasteiger partial charge >= 0.3 is 7.12 Å². The van der Waals surface area contributed by atoms with Gasteiger partial charge in [-0.15, -0.1) is 0 Å². The van der Waals surface area contributed by atoms with Crippen LogP contribution in [0.25, 0.3) is 0 Å². The lowest BCUT2D eigenvalue weighted by Crippen LogP contribution is -2.41. The molecule has 0 amide bonds. The maximum atomic E-state index is 13.5. The number of para-hydroxylation sites is 1. The number of ether oxygens (including phenoxy) is 2. The average Bonchev–Trinajstić information content (AvgIpc) is 2.82. The molecule has 3 rings (SSSR count). The molecule has 0 radical (unpaired) electrons. The van der Waals surface area contributed by atoms with Crippen molar-refractivity contribution in [1.82, 2.24) is 0 Å². The quantitative estimate of drug-likeness (QED) is 0.569. The van der Waals surface area contributed by atoms with E-state index in [1.807, 2.05) is 39.8 Å². The summed E-state index contributed by atoms with van der Waals surface area (Å²) in [4.78, 5) is 0. The Labute approximate surface area is 158 Å². The Bertz CT molecular complexity index is 757. The van der Waals surface area contributed by atoms with Gasteiger partial charge in [0, 0.05) is 0 Å². The molecular formula is C20H23BF2O4. The van der Waals surface area contributed by atoms with Crippen LogP contribution in [0, 0.1) is 11.6 Å². The summed E-state index contributed by atoms with van der Waals surface area (Å²) in [5.41, 5.74) is 0.101. The summed E-state index contributed by atoms with van der Waals surface area (Å²) in [6.45, 7) is 8.19. The van der Waals surface area contributed by atoms with Crippen LogP contribution in [0.1, 0.15) is 27.7 Å². The van der Waals surface area contributed by atoms with Gasteiger partial charge < -0.3 is 18.8 Å². The fourth-order valence-electron chi connectivity index (χ4n) is 2.62. The van der Waals surface area contributed by atoms with Crippen LogP contribution in [-0.2, 0) is 9.31 Å². The van der Waals surface area contributed by atoms with Crippen LogP contribution in [-0.4, -0.2) is 31.5 Å². The minimum atomic E-state index is -0.734. The minimum Gasteiger partial charge on any atom is -0.490 e. The number of hydrogen-bond donors (Lipinski definition) is 0. The molecule has 0 unspecified atom stereocenters. The average molecular weight is 376 g/mol. The van der Waals surface area contributed by atoms with Crippen molar-refractivity contribution >= 4 is 12.6 Å². The lowest BCUT2D eigenvalue weighted by molar-refractivity contribution is 0.00578. The first-order valence-electron chi connectivity index (χ1n) is 8.85. The van der Waals surface area contributed by atoms with E-state index in [2.05, 4.69) is 0 Å². The van der Waals surface area contributed by atoms with Gasteiger partial charge in [0.05, 0.1) is 11.2 Å². The van der Waals surface area contributed by atoms with Crippen molar-refractivity contribution < 1.29 is 27.6 Å². The summed E-state index contributed by atoms with van der Waals surface area (Å²) in [5.74, 6) is -1.24. The molecule has 4 nitrogen and oxygen atoms in total. The fourth-order valence-corrected chi connectivity index (χ4v) is 2.62. The first-order valence-corrected chi connectivity index (χ1v) is 8.85. The summed E-state index contributed by atoms with van der Waals surface area (Å²) in [6.07, 6.45) is 0. The highest BCUT2D eigenvalue weighted by Crippen LogP contribution is 2.36. The molecule has 1 aliphatic rings. The third-order valence-corrected chi connectivity index (χ3v) is 4.92. The molecule has 144 valence electrons. The van der Waals surface area contributed by atoms with Gasteiger partial charge in [-0.1, -0.05) is 18.2 Å². The van der Waals surface area contributed by atoms with Crippen molar-refractivity contribution in [2.75, 3.05) is 13.2 Å². The summed E-state index contributed by atoms with van der Waals surface area (Å²) in [7, 11) is -0.434. The maximum absolute atomic E-state index is 13.5. The molecule has 2 aromatic rings. The normalized spacial score (nSPS) is 17.8. The molecule has 1 fully saturated rings. The van der Waals surface area contributed by atoms with Crippen molar-refractivity contribution in [3.63, 3.8) is 0 Å². The second-order valence-corrected chi connectivity index (χ2v) is 7.40. The standard InChI is InChI=1S/C20H23BF2O4/c1-19(2)20(3,4)27-21(26-19)14-8-10-15(11-9-14)24-12-13-25-18-16(22)6-5-7-17(18)23/h5-11H,12-13H2,1-4H3. The van der Waals surface area contributed by atoms with E-state index in [1.54, 1.807) is 12.1 Å². The van der Waals surface area contributed by atoms with Gasteiger partial charge in [-0.05, 0) is 57.4 Å². The largest absolute Gasteiger partial charge is 0.494 e. The van der Waals surface area contributed by atoms with Crippen molar-refractivity contribution in [3.8, 4) is 11.5 Å². The van der Waals surface area contributed by atoms with Crippen LogP contribution in [0.4, 0.5) is 8.78 Å². The smallest absolute Gasteiger partial charge is 0.490 e. The molecule has 7 heteroatoms. The first-order chi connectivity index (χ1) is 12.7. The predicted molar refractivity (Wildman–Crippen MR) is 99.5 cm³/mol. The van der Waals surface area contributed by atoms with Crippen molar-refractivity contribution in [1.29, 1.82) is 0 Å². The van der Waals surface area contributed by atoms with E-state index in [0.717, 1.165) is 17.6 Å². The molecule has 0 spiro atoms. The van der Waals surface area contributed by atoms with E-state index in [9.17, 15) is 8.78 Å². The monoisotopic (exact) mass is 376 g/mol. The lowest BCUT2D eigenvalue weighted by atomic mass is 9.79. The molecule has 0 bridgehead atoms. The number of halogens is 2. The van der Waals surface area contributed by atoms with Gasteiger partial charge in [0.15, 0.2) is 17.4 Å². The van der Waals surface area contributed by atoms with Crippen LogP contribution in [0.3, 0.4) is 0 Å². The zero-order valence-corrected chi connectivity index (χ0v) is 15.9. The summed E-state index contributed by atoms with van der Waals surface area (Å²) in [5, 5.41) is 0. The van der Waals surface area contributed by atoms with Crippen LogP contribution in [0.15, 0.2) is 42.5 Å². The highest BCUT2D eigenvalue weighted by Gasteiger charge is 2.51. The topological polar surface area (TPSA) is 36.9 Å². The van der Waals surface area contributed by atoms with E-state index in [1.165, 1.54) is 6.07 Å². The number of rotatable bonds is 6. The van der Waals surface area contributed by atoms with Crippen LogP contribution < -0.4 is 14.9 Å². The van der Waals surface area contributed by atoms with E-state index in [0.29, 0.717) is 5.75 Å². The van der Waals surface area contributed by atoms with Crippen molar-refractivity contribution in [3.05, 3.63) is 54.1 Å². The summed E-state index contributed by atoms with van der Waals surface area (Å²) in [6, 6.07) is 10.9. The highest BCUT2D eigenvalue weighted by atomic mass is 19.1. The maximum Gasteiger partial charge on any atom is 0.494 e. The molecule has 2 aromatic carbocycles. The van der Waals surface area contributed by atoms with Crippen molar-refractivity contribution in [2.24, 2.45) is 0 Å². The van der Waals surface area contributed by atoms with E-state index in [4.69, 9.17) is 18.8 Å². The van der Waals surface area contributed by atoms with Crippen molar-refractivity contribution in [2.45, 2.75) is 38.9 Å². The second kappa shape index (κ2) is 7.48. The lowest BCUT2D eigenvalue weighted by Gasteiger charge is -2.32. The zero-order valence-electron chi connectivity index (χ0n) is 15.9. The molecule has 0 saturated carbocycles. The Morgan fingerprint density at radius 2 is 1.33 bits per heavy atom. The molecule has 27 heavy (non-hydrogen) atoms. The number of hydrogen-bond acceptors (Lipinski definition) is 4. The highest BCUT2D eigenvalue weighted by molar-refractivity contribution is 6.62. The van der Waals surface area contributed by atoms with Gasteiger partial charge in [-0.2, -0.15) is 0 Å². The molecule has 1 aliphatic heterocycles. The van der Waals surface area contributed by atoms with Gasteiger partial charge in [-0.3, -0.25) is 0 Å². The Kier molecular flexibility index (Phi) is 5.44. The Morgan fingerprint density at radius 3 is 1.89 bits per heavy atom. The van der Waals surface area contributed by atoms with Gasteiger partial charge in [-0.25, -0.2) is 8.78 Å². The summed E-state index contributed by atoms with van der Waals surface area (Å²) >= 11 is 0. The molecule has 1 saturated heterocycles. The Balaban J connectivity index is 1.52. The molecular weight excluding hydrogens is 353 g/mol. The molecule has 0 N–H and O–H groups in total. The first kappa shape index (κ1) is 19.6. The van der Waals surface area contributed by atoms with E-state index in [-0.39, 0.29) is 13.2 Å². The molecule has 0 atom stereocenters. The van der Waals surface area contributed by atoms with Gasteiger partial charge in [0.1, 0.15) is 19.0 Å². The Morgan fingerprint density at radius 1 is 0.815 bits per heavy atom. The second-order valence-electron chi connectivity index (χ2n) is 7.40. The van der Waals surface area contributed by atoms with Gasteiger partial charge in [0.25, 0.3) is 0 Å². The van der Waals surface area contributed by atoms with E-state index < -0.39 is 35.7 Å². The van der Waals surface area contributed by atoms with E-state index >= 15 is 0 Å². The molecule has 1 heterocycles. The molecule has 0 aromatic heterocycles. The van der Waals surface area contributed by atoms with Crippen LogP contribution >= 0.6 is 0 Å². The summed E-state index contributed by atoms with van der Waals surface area (Å²) < 4.78 is 49.6. The van der Waals surface area contributed by atoms with Crippen LogP contribution in [0.2, 0.25) is 0 Å². The zero-order chi connectivity index (χ0) is 19.7.